The van der Waals surface area contributed by atoms with Crippen molar-refractivity contribution < 1.29 is 9.53 Å². The van der Waals surface area contributed by atoms with E-state index < -0.39 is 0 Å². The molecule has 2 aliphatic rings. The molecule has 1 spiro atoms. The highest BCUT2D eigenvalue weighted by molar-refractivity contribution is 7.80. The SMILES string of the molecule is CC[C@H](C)[C@@H]1NC2(CCN(C(=S)Nc3cccc(C)c3)CC2)N(CCCOC)C1=O. The summed E-state index contributed by atoms with van der Waals surface area (Å²) in [5, 5.41) is 7.87. The molecule has 7 heteroatoms. The van der Waals surface area contributed by atoms with Gasteiger partial charge < -0.3 is 19.9 Å². The molecule has 0 aliphatic carbocycles. The zero-order chi connectivity index (χ0) is 21.7. The summed E-state index contributed by atoms with van der Waals surface area (Å²) in [5.74, 6) is 0.568. The van der Waals surface area contributed by atoms with Gasteiger partial charge in [-0.25, -0.2) is 0 Å². The van der Waals surface area contributed by atoms with Gasteiger partial charge in [-0.3, -0.25) is 10.1 Å². The largest absolute Gasteiger partial charge is 0.385 e. The highest BCUT2D eigenvalue weighted by atomic mass is 32.1. The molecule has 0 saturated carbocycles. The average molecular weight is 433 g/mol. The van der Waals surface area contributed by atoms with Gasteiger partial charge >= 0.3 is 0 Å². The van der Waals surface area contributed by atoms with Crippen LogP contribution in [0.4, 0.5) is 5.69 Å². The molecule has 2 saturated heterocycles. The Bertz CT molecular complexity index is 748. The summed E-state index contributed by atoms with van der Waals surface area (Å²) in [4.78, 5) is 17.5. The van der Waals surface area contributed by atoms with Crippen LogP contribution in [0.25, 0.3) is 0 Å². The Balaban J connectivity index is 1.66. The quantitative estimate of drug-likeness (QED) is 0.509. The van der Waals surface area contributed by atoms with E-state index in [1.54, 1.807) is 7.11 Å². The van der Waals surface area contributed by atoms with Crippen LogP contribution in [0.15, 0.2) is 24.3 Å². The van der Waals surface area contributed by atoms with Crippen LogP contribution >= 0.6 is 12.2 Å². The van der Waals surface area contributed by atoms with E-state index >= 15 is 0 Å². The summed E-state index contributed by atoms with van der Waals surface area (Å²) in [6.07, 6.45) is 3.58. The number of carbonyl (C=O) groups excluding carboxylic acids is 1. The Hall–Kier alpha value is -1.70. The highest BCUT2D eigenvalue weighted by Crippen LogP contribution is 2.35. The molecule has 30 heavy (non-hydrogen) atoms. The van der Waals surface area contributed by atoms with E-state index in [-0.39, 0.29) is 17.6 Å². The van der Waals surface area contributed by atoms with Crippen molar-refractivity contribution >= 4 is 28.9 Å². The first-order chi connectivity index (χ1) is 14.4. The molecule has 1 aromatic carbocycles. The van der Waals surface area contributed by atoms with Gasteiger partial charge in [-0.05, 0) is 49.2 Å². The third-order valence-electron chi connectivity index (χ3n) is 6.56. The fraction of sp³-hybridized carbons (Fsp3) is 0.652. The third-order valence-corrected chi connectivity index (χ3v) is 6.92. The zero-order valence-electron chi connectivity index (χ0n) is 18.7. The summed E-state index contributed by atoms with van der Waals surface area (Å²) in [6, 6.07) is 8.15. The molecular formula is C23H36N4O2S. The first-order valence-electron chi connectivity index (χ1n) is 11.1. The number of amides is 1. The van der Waals surface area contributed by atoms with Crippen molar-refractivity contribution in [3.63, 3.8) is 0 Å². The number of hydrogen-bond donors (Lipinski definition) is 2. The Morgan fingerprint density at radius 2 is 2.13 bits per heavy atom. The molecule has 166 valence electrons. The van der Waals surface area contributed by atoms with E-state index in [0.717, 1.165) is 56.1 Å². The number of aryl methyl sites for hydroxylation is 1. The van der Waals surface area contributed by atoms with E-state index in [1.807, 2.05) is 12.1 Å². The predicted octanol–water partition coefficient (Wildman–Crippen LogP) is 3.37. The van der Waals surface area contributed by atoms with Crippen LogP contribution in [-0.4, -0.2) is 65.9 Å². The number of methoxy groups -OCH3 is 1. The number of nitrogens with one attached hydrogen (secondary N) is 2. The van der Waals surface area contributed by atoms with Crippen molar-refractivity contribution in [2.24, 2.45) is 5.92 Å². The Kier molecular flexibility index (Phi) is 7.71. The number of rotatable bonds is 7. The summed E-state index contributed by atoms with van der Waals surface area (Å²) in [7, 11) is 1.71. The number of piperidine rings is 1. The van der Waals surface area contributed by atoms with Crippen LogP contribution in [-0.2, 0) is 9.53 Å². The van der Waals surface area contributed by atoms with Gasteiger partial charge in [0, 0.05) is 51.9 Å². The van der Waals surface area contributed by atoms with Gasteiger partial charge in [0.2, 0.25) is 5.91 Å². The molecule has 2 N–H and O–H groups in total. The minimum Gasteiger partial charge on any atom is -0.385 e. The highest BCUT2D eigenvalue weighted by Gasteiger charge is 2.52. The topological polar surface area (TPSA) is 56.8 Å². The van der Waals surface area contributed by atoms with Crippen LogP contribution in [0.3, 0.4) is 0 Å². The maximum Gasteiger partial charge on any atom is 0.241 e. The lowest BCUT2D eigenvalue weighted by atomic mass is 9.95. The van der Waals surface area contributed by atoms with E-state index in [4.69, 9.17) is 17.0 Å². The molecule has 0 aromatic heterocycles. The van der Waals surface area contributed by atoms with Gasteiger partial charge in [0.05, 0.1) is 11.7 Å². The molecule has 0 bridgehead atoms. The van der Waals surface area contributed by atoms with Gasteiger partial charge in [0.15, 0.2) is 5.11 Å². The monoisotopic (exact) mass is 432 g/mol. The Morgan fingerprint density at radius 3 is 2.77 bits per heavy atom. The molecule has 2 fully saturated rings. The zero-order valence-corrected chi connectivity index (χ0v) is 19.6. The van der Waals surface area contributed by atoms with Crippen LogP contribution in [0.2, 0.25) is 0 Å². The second kappa shape index (κ2) is 10.1. The molecule has 1 amide bonds. The van der Waals surface area contributed by atoms with Crippen LogP contribution in [0.5, 0.6) is 0 Å². The number of anilines is 1. The maximum atomic E-state index is 13.2. The smallest absolute Gasteiger partial charge is 0.241 e. The van der Waals surface area contributed by atoms with Crippen molar-refractivity contribution in [1.82, 2.24) is 15.1 Å². The fourth-order valence-electron chi connectivity index (χ4n) is 4.54. The second-order valence-corrected chi connectivity index (χ2v) is 9.05. The molecule has 0 radical (unpaired) electrons. The van der Waals surface area contributed by atoms with Gasteiger partial charge in [0.25, 0.3) is 0 Å². The van der Waals surface area contributed by atoms with E-state index in [2.05, 4.69) is 53.3 Å². The van der Waals surface area contributed by atoms with Crippen LogP contribution in [0, 0.1) is 12.8 Å². The summed E-state index contributed by atoms with van der Waals surface area (Å²) >= 11 is 5.68. The number of benzene rings is 1. The Morgan fingerprint density at radius 1 is 1.40 bits per heavy atom. The molecule has 2 aliphatic heterocycles. The summed E-state index contributed by atoms with van der Waals surface area (Å²) in [5.41, 5.74) is 1.96. The predicted molar refractivity (Wildman–Crippen MR) is 126 cm³/mol. The number of nitrogens with zero attached hydrogens (tertiary/aromatic N) is 2. The van der Waals surface area contributed by atoms with Crippen LogP contribution < -0.4 is 10.6 Å². The van der Waals surface area contributed by atoms with Gasteiger partial charge in [-0.1, -0.05) is 32.4 Å². The number of hydrogen-bond acceptors (Lipinski definition) is 4. The summed E-state index contributed by atoms with van der Waals surface area (Å²) < 4.78 is 5.23. The van der Waals surface area contributed by atoms with Crippen molar-refractivity contribution in [2.45, 2.75) is 58.2 Å². The van der Waals surface area contributed by atoms with Gasteiger partial charge in [0.1, 0.15) is 0 Å². The number of carbonyl (C=O) groups is 1. The molecule has 3 rings (SSSR count). The first kappa shape index (κ1) is 23.0. The van der Waals surface area contributed by atoms with Crippen molar-refractivity contribution in [3.05, 3.63) is 29.8 Å². The molecule has 2 atom stereocenters. The van der Waals surface area contributed by atoms with Crippen molar-refractivity contribution in [2.75, 3.05) is 38.7 Å². The lowest BCUT2D eigenvalue weighted by molar-refractivity contribution is -0.134. The Labute approximate surface area is 186 Å². The molecular weight excluding hydrogens is 396 g/mol. The van der Waals surface area contributed by atoms with Crippen molar-refractivity contribution in [3.8, 4) is 0 Å². The molecule has 1 aromatic rings. The number of ether oxygens (including phenoxy) is 1. The number of likely N-dealkylation sites (tertiary alicyclic amines) is 1. The standard InChI is InChI=1S/C23H36N4O2S/c1-5-18(3)20-21(28)27(12-7-15-29-4)23(25-20)10-13-26(14-11-23)22(30)24-19-9-6-8-17(2)16-19/h6,8-9,16,18,20,25H,5,7,10-15H2,1-4H3,(H,24,30)/t18-,20-/m0/s1. The van der Waals surface area contributed by atoms with E-state index in [9.17, 15) is 4.79 Å². The molecule has 0 unspecified atom stereocenters. The maximum absolute atomic E-state index is 13.2. The lowest BCUT2D eigenvalue weighted by Gasteiger charge is -2.45. The van der Waals surface area contributed by atoms with Gasteiger partial charge in [-0.2, -0.15) is 0 Å². The minimum absolute atomic E-state index is 0.0959. The number of thiocarbonyl (C=S) groups is 1. The van der Waals surface area contributed by atoms with Gasteiger partial charge in [-0.15, -0.1) is 0 Å². The first-order valence-corrected chi connectivity index (χ1v) is 11.5. The third kappa shape index (κ3) is 4.95. The molecule has 6 nitrogen and oxygen atoms in total. The van der Waals surface area contributed by atoms with E-state index in [0.29, 0.717) is 12.5 Å². The van der Waals surface area contributed by atoms with Crippen LogP contribution in [0.1, 0.15) is 45.1 Å². The van der Waals surface area contributed by atoms with Crippen molar-refractivity contribution in [1.29, 1.82) is 0 Å². The second-order valence-electron chi connectivity index (χ2n) is 8.66. The normalized spacial score (nSPS) is 21.9. The summed E-state index contributed by atoms with van der Waals surface area (Å²) in [6.45, 7) is 9.45. The van der Waals surface area contributed by atoms with E-state index in [1.165, 1.54) is 5.56 Å². The average Bonchev–Trinajstić information content (AvgIpc) is 3.00. The lowest BCUT2D eigenvalue weighted by Crippen LogP contribution is -2.60. The molecule has 2 heterocycles. The minimum atomic E-state index is -0.269. The fourth-order valence-corrected chi connectivity index (χ4v) is 4.84.